The molecule has 0 aliphatic heterocycles. The summed E-state index contributed by atoms with van der Waals surface area (Å²) in [5, 5.41) is 10.1. The van der Waals surface area contributed by atoms with E-state index in [9.17, 15) is 5.11 Å². The first-order chi connectivity index (χ1) is 7.39. The Labute approximate surface area is 102 Å². The van der Waals surface area contributed by atoms with Crippen LogP contribution in [0.3, 0.4) is 0 Å². The van der Waals surface area contributed by atoms with Crippen molar-refractivity contribution >= 4 is 0 Å². The van der Waals surface area contributed by atoms with Crippen molar-refractivity contribution < 1.29 is 5.11 Å². The van der Waals surface area contributed by atoms with E-state index in [0.717, 1.165) is 18.8 Å². The van der Waals surface area contributed by atoms with E-state index >= 15 is 0 Å². The molecular formula is C15H30O. The Morgan fingerprint density at radius 3 is 2.19 bits per heavy atom. The predicted molar refractivity (Wildman–Crippen MR) is 70.4 cm³/mol. The number of hydrogen-bond acceptors (Lipinski definition) is 1. The summed E-state index contributed by atoms with van der Waals surface area (Å²) in [5.74, 6) is 1.40. The van der Waals surface area contributed by atoms with E-state index < -0.39 is 0 Å². The van der Waals surface area contributed by atoms with Crippen LogP contribution in [0.15, 0.2) is 0 Å². The van der Waals surface area contributed by atoms with Crippen molar-refractivity contribution in [2.45, 2.75) is 78.7 Å². The largest absolute Gasteiger partial charge is 0.393 e. The fraction of sp³-hybridized carbons (Fsp3) is 1.00. The number of aliphatic hydroxyl groups excluding tert-OH is 1. The van der Waals surface area contributed by atoms with Gasteiger partial charge in [0.1, 0.15) is 0 Å². The van der Waals surface area contributed by atoms with E-state index in [0.29, 0.717) is 11.3 Å². The van der Waals surface area contributed by atoms with Crippen LogP contribution in [0.1, 0.15) is 72.6 Å². The highest BCUT2D eigenvalue weighted by Gasteiger charge is 2.24. The van der Waals surface area contributed by atoms with Gasteiger partial charge in [0.05, 0.1) is 6.10 Å². The summed E-state index contributed by atoms with van der Waals surface area (Å²) in [5.41, 5.74) is 0.327. The van der Waals surface area contributed by atoms with E-state index in [2.05, 4.69) is 27.7 Å². The van der Waals surface area contributed by atoms with Crippen LogP contribution in [0.5, 0.6) is 0 Å². The van der Waals surface area contributed by atoms with Crippen molar-refractivity contribution in [3.05, 3.63) is 0 Å². The van der Waals surface area contributed by atoms with Crippen LogP contribution < -0.4 is 0 Å². The standard InChI is InChI=1S/C15H30O/c1-12(15(2,3)4)10-14(16)11-13-8-6-5-7-9-13/h12-14,16H,5-11H2,1-4H3. The topological polar surface area (TPSA) is 20.2 Å². The molecule has 1 aliphatic rings. The molecule has 0 bridgehead atoms. The van der Waals surface area contributed by atoms with Crippen molar-refractivity contribution in [2.75, 3.05) is 0 Å². The first-order valence-corrected chi connectivity index (χ1v) is 7.07. The lowest BCUT2D eigenvalue weighted by Gasteiger charge is -2.31. The molecule has 0 aromatic rings. The maximum atomic E-state index is 10.1. The van der Waals surface area contributed by atoms with Gasteiger partial charge in [0, 0.05) is 0 Å². The molecule has 1 heteroatoms. The van der Waals surface area contributed by atoms with Crippen molar-refractivity contribution in [1.29, 1.82) is 0 Å². The van der Waals surface area contributed by atoms with Gasteiger partial charge in [-0.25, -0.2) is 0 Å². The van der Waals surface area contributed by atoms with Crippen LogP contribution in [-0.2, 0) is 0 Å². The number of hydrogen-bond donors (Lipinski definition) is 1. The Balaban J connectivity index is 2.26. The predicted octanol–water partition coefficient (Wildman–Crippen LogP) is 4.39. The molecule has 96 valence electrons. The maximum Gasteiger partial charge on any atom is 0.0545 e. The quantitative estimate of drug-likeness (QED) is 0.753. The van der Waals surface area contributed by atoms with Gasteiger partial charge in [-0.3, -0.25) is 0 Å². The first kappa shape index (κ1) is 14.0. The van der Waals surface area contributed by atoms with Gasteiger partial charge in [-0.2, -0.15) is 0 Å². The summed E-state index contributed by atoms with van der Waals surface area (Å²) in [4.78, 5) is 0. The lowest BCUT2D eigenvalue weighted by molar-refractivity contribution is 0.0820. The third-order valence-electron chi connectivity index (χ3n) is 4.43. The smallest absolute Gasteiger partial charge is 0.0545 e. The highest BCUT2D eigenvalue weighted by molar-refractivity contribution is 4.76. The second-order valence-corrected chi connectivity index (χ2v) is 6.90. The summed E-state index contributed by atoms with van der Waals surface area (Å²) < 4.78 is 0. The molecule has 0 aromatic carbocycles. The second-order valence-electron chi connectivity index (χ2n) is 6.90. The molecule has 1 fully saturated rings. The van der Waals surface area contributed by atoms with Crippen LogP contribution in [0, 0.1) is 17.3 Å². The molecule has 0 aromatic heterocycles. The maximum absolute atomic E-state index is 10.1. The normalized spacial score (nSPS) is 23.1. The molecule has 0 amide bonds. The summed E-state index contributed by atoms with van der Waals surface area (Å²) >= 11 is 0. The van der Waals surface area contributed by atoms with Crippen molar-refractivity contribution in [2.24, 2.45) is 17.3 Å². The van der Waals surface area contributed by atoms with Gasteiger partial charge in [0.15, 0.2) is 0 Å². The van der Waals surface area contributed by atoms with E-state index in [1.807, 2.05) is 0 Å². The summed E-state index contributed by atoms with van der Waals surface area (Å²) in [6.07, 6.45) is 8.81. The van der Waals surface area contributed by atoms with Gasteiger partial charge in [0.2, 0.25) is 0 Å². The third-order valence-corrected chi connectivity index (χ3v) is 4.43. The molecule has 0 spiro atoms. The Morgan fingerprint density at radius 2 is 1.69 bits per heavy atom. The first-order valence-electron chi connectivity index (χ1n) is 7.07. The molecule has 2 atom stereocenters. The monoisotopic (exact) mass is 226 g/mol. The van der Waals surface area contributed by atoms with Gasteiger partial charge in [0.25, 0.3) is 0 Å². The van der Waals surface area contributed by atoms with Gasteiger partial charge in [-0.1, -0.05) is 59.8 Å². The van der Waals surface area contributed by atoms with Crippen molar-refractivity contribution in [3.63, 3.8) is 0 Å². The van der Waals surface area contributed by atoms with E-state index in [-0.39, 0.29) is 6.10 Å². The molecule has 0 radical (unpaired) electrons. The molecule has 1 nitrogen and oxygen atoms in total. The van der Waals surface area contributed by atoms with Gasteiger partial charge < -0.3 is 5.11 Å². The molecule has 0 heterocycles. The number of rotatable bonds is 4. The van der Waals surface area contributed by atoms with Gasteiger partial charge in [-0.05, 0) is 30.1 Å². The zero-order chi connectivity index (χ0) is 12.2. The minimum Gasteiger partial charge on any atom is -0.393 e. The molecule has 1 saturated carbocycles. The van der Waals surface area contributed by atoms with Crippen molar-refractivity contribution in [3.8, 4) is 0 Å². The van der Waals surface area contributed by atoms with Crippen LogP contribution in [0.2, 0.25) is 0 Å². The van der Waals surface area contributed by atoms with Crippen LogP contribution in [0.4, 0.5) is 0 Å². The molecule has 1 rings (SSSR count). The van der Waals surface area contributed by atoms with Gasteiger partial charge in [-0.15, -0.1) is 0 Å². The average molecular weight is 226 g/mol. The fourth-order valence-electron chi connectivity index (χ4n) is 2.67. The van der Waals surface area contributed by atoms with E-state index in [1.54, 1.807) is 0 Å². The Bertz CT molecular complexity index is 186. The minimum atomic E-state index is -0.0719. The highest BCUT2D eigenvalue weighted by atomic mass is 16.3. The van der Waals surface area contributed by atoms with Crippen LogP contribution in [-0.4, -0.2) is 11.2 Å². The SMILES string of the molecule is CC(CC(O)CC1CCCCC1)C(C)(C)C. The van der Waals surface area contributed by atoms with Crippen LogP contribution >= 0.6 is 0 Å². The Kier molecular flexibility index (Phi) is 5.30. The zero-order valence-corrected chi connectivity index (χ0v) is 11.6. The highest BCUT2D eigenvalue weighted by Crippen LogP contribution is 2.32. The van der Waals surface area contributed by atoms with Crippen molar-refractivity contribution in [1.82, 2.24) is 0 Å². The Morgan fingerprint density at radius 1 is 1.12 bits per heavy atom. The second kappa shape index (κ2) is 6.05. The number of aliphatic hydroxyl groups is 1. The Hall–Kier alpha value is -0.0400. The lowest BCUT2D eigenvalue weighted by Crippen LogP contribution is -2.24. The zero-order valence-electron chi connectivity index (χ0n) is 11.6. The molecule has 1 N–H and O–H groups in total. The molecule has 1 aliphatic carbocycles. The molecular weight excluding hydrogens is 196 g/mol. The fourth-order valence-corrected chi connectivity index (χ4v) is 2.67. The molecule has 0 saturated heterocycles. The molecule has 2 unspecified atom stereocenters. The summed E-state index contributed by atoms with van der Waals surface area (Å²) in [6, 6.07) is 0. The van der Waals surface area contributed by atoms with Gasteiger partial charge >= 0.3 is 0 Å². The van der Waals surface area contributed by atoms with Crippen LogP contribution in [0.25, 0.3) is 0 Å². The third kappa shape index (κ3) is 4.86. The summed E-state index contributed by atoms with van der Waals surface area (Å²) in [7, 11) is 0. The molecule has 16 heavy (non-hydrogen) atoms. The summed E-state index contributed by atoms with van der Waals surface area (Å²) in [6.45, 7) is 9.07. The minimum absolute atomic E-state index is 0.0719. The van der Waals surface area contributed by atoms with E-state index in [4.69, 9.17) is 0 Å². The van der Waals surface area contributed by atoms with E-state index in [1.165, 1.54) is 32.1 Å². The lowest BCUT2D eigenvalue weighted by atomic mass is 9.77. The average Bonchev–Trinajstić information content (AvgIpc) is 2.17.